The van der Waals surface area contributed by atoms with E-state index in [1.807, 2.05) is 6.92 Å². The van der Waals surface area contributed by atoms with Crippen LogP contribution in [0.2, 0.25) is 0 Å². The van der Waals surface area contributed by atoms with Gasteiger partial charge in [-0.15, -0.1) is 0 Å². The van der Waals surface area contributed by atoms with E-state index in [2.05, 4.69) is 10.6 Å². The number of rotatable bonds is 10. The van der Waals surface area contributed by atoms with Crippen LogP contribution < -0.4 is 15.4 Å². The number of nitrogens with one attached hydrogen (secondary N) is 2. The second-order valence-electron chi connectivity index (χ2n) is 6.11. The molecule has 2 aromatic carbocycles. The summed E-state index contributed by atoms with van der Waals surface area (Å²) in [4.78, 5) is 25.0. The number of hydrogen-bond donors (Lipinski definition) is 2. The predicted molar refractivity (Wildman–Crippen MR) is 105 cm³/mol. The van der Waals surface area contributed by atoms with Crippen LogP contribution in [-0.2, 0) is 9.53 Å². The Morgan fingerprint density at radius 2 is 1.82 bits per heavy atom. The summed E-state index contributed by atoms with van der Waals surface area (Å²) in [5.74, 6) is -0.645. The molecule has 0 bridgehead atoms. The summed E-state index contributed by atoms with van der Waals surface area (Å²) in [6, 6.07) is 12.2. The summed E-state index contributed by atoms with van der Waals surface area (Å²) in [5.41, 5.74) is 0.766. The van der Waals surface area contributed by atoms with Crippen LogP contribution in [0.25, 0.3) is 0 Å². The van der Waals surface area contributed by atoms with E-state index in [-0.39, 0.29) is 17.6 Å². The molecule has 7 heteroatoms. The van der Waals surface area contributed by atoms with Gasteiger partial charge in [0.1, 0.15) is 11.6 Å². The van der Waals surface area contributed by atoms with Gasteiger partial charge in [-0.2, -0.15) is 0 Å². The Hall–Kier alpha value is -2.93. The molecule has 6 nitrogen and oxygen atoms in total. The van der Waals surface area contributed by atoms with Crippen molar-refractivity contribution in [1.29, 1.82) is 0 Å². The molecular weight excluding hydrogens is 363 g/mol. The minimum atomic E-state index is -0.775. The lowest BCUT2D eigenvalue weighted by molar-refractivity contribution is -0.122. The SMILES string of the molecule is CC[C@@H](Oc1ccc(F)cc1)C(=O)Nc1ccccc1C(=O)NCCCOC. The maximum Gasteiger partial charge on any atom is 0.265 e. The summed E-state index contributed by atoms with van der Waals surface area (Å²) in [6.07, 6.45) is 0.331. The molecule has 0 aliphatic rings. The molecule has 0 saturated carbocycles. The number of carbonyl (C=O) groups is 2. The third kappa shape index (κ3) is 6.35. The second-order valence-corrected chi connectivity index (χ2v) is 6.11. The first-order chi connectivity index (χ1) is 13.5. The zero-order chi connectivity index (χ0) is 20.4. The third-order valence-electron chi connectivity index (χ3n) is 4.00. The molecule has 1 atom stereocenters. The molecule has 2 rings (SSSR count). The van der Waals surface area contributed by atoms with Crippen LogP contribution in [0.4, 0.5) is 10.1 Å². The van der Waals surface area contributed by atoms with Crippen LogP contribution in [0, 0.1) is 5.82 Å². The van der Waals surface area contributed by atoms with E-state index >= 15 is 0 Å². The van der Waals surface area contributed by atoms with Gasteiger partial charge >= 0.3 is 0 Å². The average molecular weight is 388 g/mol. The van der Waals surface area contributed by atoms with E-state index in [0.717, 1.165) is 0 Å². The summed E-state index contributed by atoms with van der Waals surface area (Å²) in [7, 11) is 1.60. The molecule has 0 aliphatic carbocycles. The highest BCUT2D eigenvalue weighted by molar-refractivity contribution is 6.04. The Balaban J connectivity index is 2.03. The van der Waals surface area contributed by atoms with E-state index in [9.17, 15) is 14.0 Å². The molecule has 0 unspecified atom stereocenters. The monoisotopic (exact) mass is 388 g/mol. The van der Waals surface area contributed by atoms with E-state index in [1.54, 1.807) is 31.4 Å². The van der Waals surface area contributed by atoms with Gasteiger partial charge in [0.15, 0.2) is 6.10 Å². The first kappa shape index (κ1) is 21.4. The fourth-order valence-corrected chi connectivity index (χ4v) is 2.52. The van der Waals surface area contributed by atoms with Crippen molar-refractivity contribution in [3.05, 3.63) is 59.9 Å². The fourth-order valence-electron chi connectivity index (χ4n) is 2.52. The number of anilines is 1. The van der Waals surface area contributed by atoms with Crippen molar-refractivity contribution in [2.75, 3.05) is 25.6 Å². The predicted octanol–water partition coefficient (Wildman–Crippen LogP) is 3.39. The lowest BCUT2D eigenvalue weighted by atomic mass is 10.1. The van der Waals surface area contributed by atoms with Crippen LogP contribution in [0.15, 0.2) is 48.5 Å². The number of hydrogen-bond acceptors (Lipinski definition) is 4. The number of halogens is 1. The van der Waals surface area contributed by atoms with Gasteiger partial charge < -0.3 is 20.1 Å². The molecule has 2 aromatic rings. The highest BCUT2D eigenvalue weighted by Crippen LogP contribution is 2.18. The lowest BCUT2D eigenvalue weighted by Crippen LogP contribution is -2.33. The minimum Gasteiger partial charge on any atom is -0.481 e. The van der Waals surface area contributed by atoms with Crippen molar-refractivity contribution in [2.24, 2.45) is 0 Å². The maximum atomic E-state index is 13.0. The molecule has 2 N–H and O–H groups in total. The Bertz CT molecular complexity index is 780. The van der Waals surface area contributed by atoms with E-state index < -0.39 is 6.10 Å². The number of benzene rings is 2. The Labute approximate surface area is 164 Å². The lowest BCUT2D eigenvalue weighted by Gasteiger charge is -2.18. The van der Waals surface area contributed by atoms with Crippen molar-refractivity contribution in [3.8, 4) is 5.75 Å². The summed E-state index contributed by atoms with van der Waals surface area (Å²) in [6.45, 7) is 2.83. The fraction of sp³-hybridized carbons (Fsp3) is 0.333. The second kappa shape index (κ2) is 11.0. The van der Waals surface area contributed by atoms with E-state index in [1.165, 1.54) is 24.3 Å². The molecular formula is C21H25FN2O4. The zero-order valence-electron chi connectivity index (χ0n) is 16.0. The summed E-state index contributed by atoms with van der Waals surface area (Å²) < 4.78 is 23.6. The first-order valence-electron chi connectivity index (χ1n) is 9.14. The van der Waals surface area contributed by atoms with Gasteiger partial charge in [-0.3, -0.25) is 9.59 Å². The largest absolute Gasteiger partial charge is 0.481 e. The molecule has 0 saturated heterocycles. The molecule has 0 heterocycles. The molecule has 0 fully saturated rings. The van der Waals surface area contributed by atoms with Crippen LogP contribution in [0.1, 0.15) is 30.1 Å². The third-order valence-corrected chi connectivity index (χ3v) is 4.00. The normalized spacial score (nSPS) is 11.5. The molecule has 0 aromatic heterocycles. The highest BCUT2D eigenvalue weighted by atomic mass is 19.1. The molecule has 0 aliphatic heterocycles. The topological polar surface area (TPSA) is 76.7 Å². The Morgan fingerprint density at radius 3 is 2.50 bits per heavy atom. The first-order valence-corrected chi connectivity index (χ1v) is 9.14. The van der Waals surface area contributed by atoms with Crippen LogP contribution in [0.5, 0.6) is 5.75 Å². The van der Waals surface area contributed by atoms with Gasteiger partial charge in [-0.1, -0.05) is 19.1 Å². The summed E-state index contributed by atoms with van der Waals surface area (Å²) >= 11 is 0. The van der Waals surface area contributed by atoms with Crippen LogP contribution in [-0.4, -0.2) is 38.2 Å². The average Bonchev–Trinajstić information content (AvgIpc) is 2.71. The highest BCUT2D eigenvalue weighted by Gasteiger charge is 2.21. The Kier molecular flexibility index (Phi) is 8.42. The summed E-state index contributed by atoms with van der Waals surface area (Å²) in [5, 5.41) is 5.55. The van der Waals surface area contributed by atoms with Gasteiger partial charge in [0, 0.05) is 20.3 Å². The van der Waals surface area contributed by atoms with Crippen LogP contribution in [0.3, 0.4) is 0 Å². The van der Waals surface area contributed by atoms with Crippen molar-refractivity contribution in [2.45, 2.75) is 25.9 Å². The van der Waals surface area contributed by atoms with Gasteiger partial charge in [-0.25, -0.2) is 4.39 Å². The number of ether oxygens (including phenoxy) is 2. The number of para-hydroxylation sites is 1. The number of carbonyl (C=O) groups excluding carboxylic acids is 2. The molecule has 28 heavy (non-hydrogen) atoms. The number of amides is 2. The van der Waals surface area contributed by atoms with Crippen molar-refractivity contribution < 1.29 is 23.5 Å². The molecule has 150 valence electrons. The van der Waals surface area contributed by atoms with Gasteiger partial charge in [-0.05, 0) is 49.2 Å². The van der Waals surface area contributed by atoms with Gasteiger partial charge in [0.25, 0.3) is 11.8 Å². The van der Waals surface area contributed by atoms with E-state index in [0.29, 0.717) is 43.0 Å². The van der Waals surface area contributed by atoms with Gasteiger partial charge in [0.2, 0.25) is 0 Å². The molecule has 2 amide bonds. The standard InChI is InChI=1S/C21H25FN2O4/c1-3-19(28-16-11-9-15(22)10-12-16)21(26)24-18-8-5-4-7-17(18)20(25)23-13-6-14-27-2/h4-5,7-12,19H,3,6,13-14H2,1-2H3,(H,23,25)(H,24,26)/t19-/m1/s1. The van der Waals surface area contributed by atoms with Crippen molar-refractivity contribution >= 4 is 17.5 Å². The zero-order valence-corrected chi connectivity index (χ0v) is 16.0. The van der Waals surface area contributed by atoms with Gasteiger partial charge in [0.05, 0.1) is 11.3 Å². The van der Waals surface area contributed by atoms with Crippen LogP contribution >= 0.6 is 0 Å². The van der Waals surface area contributed by atoms with Crippen molar-refractivity contribution in [1.82, 2.24) is 5.32 Å². The smallest absolute Gasteiger partial charge is 0.265 e. The quantitative estimate of drug-likeness (QED) is 0.612. The van der Waals surface area contributed by atoms with Crippen molar-refractivity contribution in [3.63, 3.8) is 0 Å². The maximum absolute atomic E-state index is 13.0. The van der Waals surface area contributed by atoms with E-state index in [4.69, 9.17) is 9.47 Å². The Morgan fingerprint density at radius 1 is 1.11 bits per heavy atom. The minimum absolute atomic E-state index is 0.278. The molecule has 0 spiro atoms. The number of methoxy groups -OCH3 is 1. The molecule has 0 radical (unpaired) electrons.